The Hall–Kier alpha value is -0.540. The van der Waals surface area contributed by atoms with Crippen LogP contribution in [0.3, 0.4) is 0 Å². The molecule has 0 aliphatic heterocycles. The average Bonchev–Trinajstić information content (AvgIpc) is 2.55. The van der Waals surface area contributed by atoms with Crippen molar-refractivity contribution in [2.75, 3.05) is 55.8 Å². The van der Waals surface area contributed by atoms with Crippen LogP contribution >= 0.6 is 35.3 Å². The first-order chi connectivity index (χ1) is 11.4. The minimum atomic E-state index is -0.726. The zero-order valence-electron chi connectivity index (χ0n) is 14.6. The third-order valence-corrected chi connectivity index (χ3v) is 4.73. The number of rotatable bonds is 13. The van der Waals surface area contributed by atoms with Gasteiger partial charge in [0, 0.05) is 0 Å². The third kappa shape index (κ3) is 10.4. The van der Waals surface area contributed by atoms with Gasteiger partial charge in [0.25, 0.3) is 0 Å². The summed E-state index contributed by atoms with van der Waals surface area (Å²) in [7, 11) is 0. The zero-order chi connectivity index (χ0) is 18.4. The van der Waals surface area contributed by atoms with E-state index in [1.54, 1.807) is 0 Å². The summed E-state index contributed by atoms with van der Waals surface area (Å²) in [6.45, 7) is 2.01. The molecule has 0 saturated heterocycles. The van der Waals surface area contributed by atoms with E-state index in [0.717, 1.165) is 0 Å². The van der Waals surface area contributed by atoms with E-state index in [4.69, 9.17) is 14.2 Å². The molecule has 9 heteroatoms. The van der Waals surface area contributed by atoms with E-state index in [-0.39, 0.29) is 55.0 Å². The van der Waals surface area contributed by atoms with Gasteiger partial charge in [-0.3, -0.25) is 14.4 Å². The highest BCUT2D eigenvalue weighted by molar-refractivity contribution is 7.99. The van der Waals surface area contributed by atoms with Gasteiger partial charge in [0.05, 0.1) is 22.7 Å². The highest BCUT2D eigenvalue weighted by Gasteiger charge is 2.34. The van der Waals surface area contributed by atoms with Gasteiger partial charge in [-0.25, -0.2) is 0 Å². The average molecular weight is 399 g/mol. The molecule has 0 aliphatic rings. The topological polar surface area (TPSA) is 78.9 Å². The third-order valence-electron chi connectivity index (χ3n) is 3.15. The SMILES string of the molecule is CCC(COC(=O)CSC)(COC(=O)CSC)COC(=O)CSC. The summed E-state index contributed by atoms with van der Waals surface area (Å²) in [6, 6.07) is 0. The molecule has 0 fully saturated rings. The van der Waals surface area contributed by atoms with Crippen LogP contribution in [0.5, 0.6) is 0 Å². The van der Waals surface area contributed by atoms with Gasteiger partial charge in [0.1, 0.15) is 19.8 Å². The maximum atomic E-state index is 11.6. The lowest BCUT2D eigenvalue weighted by Crippen LogP contribution is -2.39. The normalized spacial score (nSPS) is 11.0. The molecule has 0 aromatic rings. The van der Waals surface area contributed by atoms with E-state index in [1.807, 2.05) is 25.7 Å². The minimum Gasteiger partial charge on any atom is -0.464 e. The van der Waals surface area contributed by atoms with Crippen LogP contribution in [-0.2, 0) is 28.6 Å². The summed E-state index contributed by atoms with van der Waals surface area (Å²) < 4.78 is 15.8. The molecule has 0 heterocycles. The number of carbonyl (C=O) groups is 3. The van der Waals surface area contributed by atoms with Crippen LogP contribution in [-0.4, -0.2) is 73.8 Å². The molecule has 0 aromatic carbocycles. The number of hydrogen-bond donors (Lipinski definition) is 0. The predicted molar refractivity (Wildman–Crippen MR) is 101 cm³/mol. The summed E-state index contributed by atoms with van der Waals surface area (Å²) in [4.78, 5) is 34.9. The van der Waals surface area contributed by atoms with Crippen LogP contribution < -0.4 is 0 Å². The Morgan fingerprint density at radius 3 is 1.21 bits per heavy atom. The molecule has 6 nitrogen and oxygen atoms in total. The first-order valence-electron chi connectivity index (χ1n) is 7.36. The molecular weight excluding hydrogens is 372 g/mol. The fourth-order valence-corrected chi connectivity index (χ4v) is 2.57. The molecule has 0 spiro atoms. The van der Waals surface area contributed by atoms with Crippen LogP contribution in [0.1, 0.15) is 13.3 Å². The van der Waals surface area contributed by atoms with Gasteiger partial charge in [-0.05, 0) is 25.2 Å². The molecule has 0 bridgehead atoms. The molecular formula is C15H26O6S3. The molecule has 0 aromatic heterocycles. The maximum Gasteiger partial charge on any atom is 0.315 e. The van der Waals surface area contributed by atoms with Crippen LogP contribution in [0, 0.1) is 5.41 Å². The highest BCUT2D eigenvalue weighted by Crippen LogP contribution is 2.25. The van der Waals surface area contributed by atoms with Gasteiger partial charge in [0.15, 0.2) is 0 Å². The lowest BCUT2D eigenvalue weighted by Gasteiger charge is -2.31. The molecule has 0 rings (SSSR count). The van der Waals surface area contributed by atoms with Crippen molar-refractivity contribution in [1.29, 1.82) is 0 Å². The number of ether oxygens (including phenoxy) is 3. The maximum absolute atomic E-state index is 11.6. The first kappa shape index (κ1) is 23.5. The molecule has 0 aliphatic carbocycles. The second-order valence-electron chi connectivity index (χ2n) is 5.13. The first-order valence-corrected chi connectivity index (χ1v) is 11.5. The summed E-state index contributed by atoms with van der Waals surface area (Å²) in [5.74, 6) is -0.279. The Labute approximate surface area is 156 Å². The van der Waals surface area contributed by atoms with Gasteiger partial charge in [-0.2, -0.15) is 35.3 Å². The van der Waals surface area contributed by atoms with E-state index in [1.165, 1.54) is 35.3 Å². The monoisotopic (exact) mass is 398 g/mol. The van der Waals surface area contributed by atoms with E-state index < -0.39 is 5.41 Å². The molecule has 0 radical (unpaired) electrons. The highest BCUT2D eigenvalue weighted by atomic mass is 32.2. The zero-order valence-corrected chi connectivity index (χ0v) is 17.1. The van der Waals surface area contributed by atoms with Crippen molar-refractivity contribution < 1.29 is 28.6 Å². The molecule has 0 N–H and O–H groups in total. The summed E-state index contributed by atoms with van der Waals surface area (Å²) >= 11 is 4.10. The Bertz CT molecular complexity index is 348. The van der Waals surface area contributed by atoms with Crippen molar-refractivity contribution >= 4 is 53.2 Å². The minimum absolute atomic E-state index is 0.0436. The molecule has 0 unspecified atom stereocenters. The van der Waals surface area contributed by atoms with Gasteiger partial charge in [-0.15, -0.1) is 0 Å². The smallest absolute Gasteiger partial charge is 0.315 e. The molecule has 24 heavy (non-hydrogen) atoms. The Kier molecular flexibility index (Phi) is 13.4. The van der Waals surface area contributed by atoms with E-state index in [9.17, 15) is 14.4 Å². The van der Waals surface area contributed by atoms with E-state index in [0.29, 0.717) is 6.42 Å². The van der Waals surface area contributed by atoms with Gasteiger partial charge in [0.2, 0.25) is 0 Å². The van der Waals surface area contributed by atoms with Crippen molar-refractivity contribution in [3.63, 3.8) is 0 Å². The van der Waals surface area contributed by atoms with E-state index >= 15 is 0 Å². The number of carbonyl (C=O) groups excluding carboxylic acids is 3. The molecule has 0 atom stereocenters. The fourth-order valence-electron chi connectivity index (χ4n) is 1.61. The number of esters is 3. The van der Waals surface area contributed by atoms with Gasteiger partial charge >= 0.3 is 17.9 Å². The predicted octanol–water partition coefficient (Wildman–Crippen LogP) is 2.10. The van der Waals surface area contributed by atoms with Crippen LogP contribution in [0.15, 0.2) is 0 Å². The molecule has 0 amide bonds. The number of hydrogen-bond acceptors (Lipinski definition) is 9. The van der Waals surface area contributed by atoms with Crippen LogP contribution in [0.2, 0.25) is 0 Å². The molecule has 140 valence electrons. The summed E-state index contributed by atoms with van der Waals surface area (Å²) in [5.41, 5.74) is -0.726. The Morgan fingerprint density at radius 2 is 1.00 bits per heavy atom. The Morgan fingerprint density at radius 1 is 0.708 bits per heavy atom. The summed E-state index contributed by atoms with van der Waals surface area (Å²) in [5, 5.41) is 0. The van der Waals surface area contributed by atoms with Crippen molar-refractivity contribution in [2.45, 2.75) is 13.3 Å². The van der Waals surface area contributed by atoms with Crippen molar-refractivity contribution in [2.24, 2.45) is 5.41 Å². The number of thioether (sulfide) groups is 3. The largest absolute Gasteiger partial charge is 0.464 e. The van der Waals surface area contributed by atoms with Crippen LogP contribution in [0.25, 0.3) is 0 Å². The Balaban J connectivity index is 4.81. The second-order valence-corrected chi connectivity index (χ2v) is 7.73. The lowest BCUT2D eigenvalue weighted by atomic mass is 9.88. The second kappa shape index (κ2) is 13.7. The van der Waals surface area contributed by atoms with Crippen LogP contribution in [0.4, 0.5) is 0 Å². The van der Waals surface area contributed by atoms with Gasteiger partial charge in [-0.1, -0.05) is 6.92 Å². The fraction of sp³-hybridized carbons (Fsp3) is 0.800. The summed E-state index contributed by atoms with van der Waals surface area (Å²) in [6.07, 6.45) is 5.97. The van der Waals surface area contributed by atoms with Gasteiger partial charge < -0.3 is 14.2 Å². The standard InChI is InChI=1S/C15H26O6S3/c1-5-15(9-19-12(16)6-22-2,10-20-13(17)7-23-3)11-21-14(18)8-24-4/h5-11H2,1-4H3. The molecule has 0 saturated carbocycles. The van der Waals surface area contributed by atoms with Crippen molar-refractivity contribution in [1.82, 2.24) is 0 Å². The quantitative estimate of drug-likeness (QED) is 0.342. The van der Waals surface area contributed by atoms with Crippen molar-refractivity contribution in [3.8, 4) is 0 Å². The van der Waals surface area contributed by atoms with E-state index in [2.05, 4.69) is 0 Å². The lowest BCUT2D eigenvalue weighted by molar-refractivity contribution is -0.158. The van der Waals surface area contributed by atoms with Crippen molar-refractivity contribution in [3.05, 3.63) is 0 Å².